The third kappa shape index (κ3) is 4.32. The lowest BCUT2D eigenvalue weighted by Gasteiger charge is -2.18. The molecule has 0 bridgehead atoms. The van der Waals surface area contributed by atoms with Gasteiger partial charge in [-0.1, -0.05) is 6.42 Å². The Morgan fingerprint density at radius 2 is 1.40 bits per heavy atom. The van der Waals surface area contributed by atoms with E-state index >= 15 is 0 Å². The quantitative estimate of drug-likeness (QED) is 0.666. The number of ether oxygens (including phenoxy) is 2. The van der Waals surface area contributed by atoms with E-state index in [1.54, 1.807) is 0 Å². The molecule has 0 saturated heterocycles. The molecule has 4 heteroatoms. The van der Waals surface area contributed by atoms with Crippen LogP contribution < -0.4 is 0 Å². The molecule has 4 nitrogen and oxygen atoms in total. The highest BCUT2D eigenvalue weighted by Crippen LogP contribution is 2.32. The van der Waals surface area contributed by atoms with Crippen LogP contribution in [0.1, 0.15) is 33.1 Å². The van der Waals surface area contributed by atoms with Gasteiger partial charge in [0.2, 0.25) is 0 Å². The van der Waals surface area contributed by atoms with Gasteiger partial charge >= 0.3 is 11.9 Å². The van der Waals surface area contributed by atoms with Crippen LogP contribution in [0.4, 0.5) is 0 Å². The Labute approximate surface area is 89.9 Å². The van der Waals surface area contributed by atoms with E-state index in [0.29, 0.717) is 25.0 Å². The zero-order chi connectivity index (χ0) is 11.3. The molecule has 1 aliphatic carbocycles. The topological polar surface area (TPSA) is 52.6 Å². The maximum Gasteiger partial charge on any atom is 0.302 e. The van der Waals surface area contributed by atoms with Crippen molar-refractivity contribution in [2.24, 2.45) is 11.8 Å². The molecule has 1 fully saturated rings. The predicted octanol–water partition coefficient (Wildman–Crippen LogP) is 1.53. The maximum atomic E-state index is 10.7. The summed E-state index contributed by atoms with van der Waals surface area (Å²) in [6.45, 7) is 3.74. The number of carbonyl (C=O) groups excluding carboxylic acids is 2. The molecule has 0 heterocycles. The van der Waals surface area contributed by atoms with E-state index in [1.807, 2.05) is 0 Å². The minimum Gasteiger partial charge on any atom is -0.466 e. The van der Waals surface area contributed by atoms with Gasteiger partial charge in [0.25, 0.3) is 0 Å². The largest absolute Gasteiger partial charge is 0.466 e. The minimum atomic E-state index is -0.242. The first-order chi connectivity index (χ1) is 7.09. The molecule has 0 aliphatic heterocycles. The molecule has 2 atom stereocenters. The van der Waals surface area contributed by atoms with E-state index in [0.717, 1.165) is 19.3 Å². The number of hydrogen-bond donors (Lipinski definition) is 0. The van der Waals surface area contributed by atoms with Crippen molar-refractivity contribution in [2.75, 3.05) is 13.2 Å². The van der Waals surface area contributed by atoms with Crippen LogP contribution in [0, 0.1) is 11.8 Å². The first kappa shape index (κ1) is 12.0. The summed E-state index contributed by atoms with van der Waals surface area (Å²) in [6, 6.07) is 0. The van der Waals surface area contributed by atoms with Crippen molar-refractivity contribution in [1.82, 2.24) is 0 Å². The summed E-state index contributed by atoms with van der Waals surface area (Å²) >= 11 is 0. The molecule has 2 unspecified atom stereocenters. The number of esters is 2. The van der Waals surface area contributed by atoms with Crippen molar-refractivity contribution in [1.29, 1.82) is 0 Å². The van der Waals surface area contributed by atoms with Gasteiger partial charge in [-0.15, -0.1) is 0 Å². The van der Waals surface area contributed by atoms with E-state index in [4.69, 9.17) is 9.47 Å². The summed E-state index contributed by atoms with van der Waals surface area (Å²) < 4.78 is 9.97. The molecule has 1 aliphatic rings. The predicted molar refractivity (Wildman–Crippen MR) is 54.1 cm³/mol. The molecule has 0 spiro atoms. The maximum absolute atomic E-state index is 10.7. The fraction of sp³-hybridized carbons (Fsp3) is 0.818. The number of rotatable bonds is 4. The number of carbonyl (C=O) groups is 2. The normalized spacial score (nSPS) is 24.9. The first-order valence-electron chi connectivity index (χ1n) is 5.36. The Morgan fingerprint density at radius 1 is 1.00 bits per heavy atom. The second-order valence-electron chi connectivity index (χ2n) is 4.06. The van der Waals surface area contributed by atoms with Gasteiger partial charge in [-0.3, -0.25) is 9.59 Å². The molecule has 15 heavy (non-hydrogen) atoms. The standard InChI is InChI=1S/C11H18O4/c1-8(12)14-6-10-4-3-5-11(10)7-15-9(2)13/h10-11H,3-7H2,1-2H3. The summed E-state index contributed by atoms with van der Waals surface area (Å²) in [4.78, 5) is 21.3. The van der Waals surface area contributed by atoms with Gasteiger partial charge in [-0.05, 0) is 24.7 Å². The summed E-state index contributed by atoms with van der Waals surface area (Å²) in [6.07, 6.45) is 3.23. The molecule has 0 amide bonds. The van der Waals surface area contributed by atoms with Crippen molar-refractivity contribution < 1.29 is 19.1 Å². The van der Waals surface area contributed by atoms with Gasteiger partial charge < -0.3 is 9.47 Å². The SMILES string of the molecule is CC(=O)OCC1CCCC1COC(C)=O. The van der Waals surface area contributed by atoms with E-state index in [1.165, 1.54) is 13.8 Å². The van der Waals surface area contributed by atoms with Crippen LogP contribution in [0.15, 0.2) is 0 Å². The highest BCUT2D eigenvalue weighted by atomic mass is 16.5. The van der Waals surface area contributed by atoms with Crippen molar-refractivity contribution in [3.63, 3.8) is 0 Å². The fourth-order valence-corrected chi connectivity index (χ4v) is 2.00. The Hall–Kier alpha value is -1.06. The number of hydrogen-bond acceptors (Lipinski definition) is 4. The molecular weight excluding hydrogens is 196 g/mol. The fourth-order valence-electron chi connectivity index (χ4n) is 2.00. The summed E-state index contributed by atoms with van der Waals surface area (Å²) in [5.41, 5.74) is 0. The van der Waals surface area contributed by atoms with Gasteiger partial charge in [-0.25, -0.2) is 0 Å². The highest BCUT2D eigenvalue weighted by Gasteiger charge is 2.28. The molecule has 1 rings (SSSR count). The lowest BCUT2D eigenvalue weighted by Crippen LogP contribution is -2.21. The second-order valence-corrected chi connectivity index (χ2v) is 4.06. The lowest BCUT2D eigenvalue weighted by atomic mass is 9.98. The first-order valence-corrected chi connectivity index (χ1v) is 5.36. The van der Waals surface area contributed by atoms with E-state index in [9.17, 15) is 9.59 Å². The van der Waals surface area contributed by atoms with Crippen LogP contribution >= 0.6 is 0 Å². The molecule has 86 valence electrons. The van der Waals surface area contributed by atoms with Crippen LogP contribution in [0.5, 0.6) is 0 Å². The summed E-state index contributed by atoms with van der Waals surface area (Å²) in [5.74, 6) is 0.225. The smallest absolute Gasteiger partial charge is 0.302 e. The third-order valence-corrected chi connectivity index (χ3v) is 2.82. The average Bonchev–Trinajstić information content (AvgIpc) is 2.58. The van der Waals surface area contributed by atoms with Crippen LogP contribution in [-0.2, 0) is 19.1 Å². The summed E-state index contributed by atoms with van der Waals surface area (Å²) in [5, 5.41) is 0. The molecule has 1 saturated carbocycles. The molecular formula is C11H18O4. The van der Waals surface area contributed by atoms with Crippen molar-refractivity contribution in [2.45, 2.75) is 33.1 Å². The molecule has 0 aromatic rings. The minimum absolute atomic E-state index is 0.242. The Balaban J connectivity index is 2.29. The van der Waals surface area contributed by atoms with E-state index < -0.39 is 0 Å². The zero-order valence-electron chi connectivity index (χ0n) is 9.32. The van der Waals surface area contributed by atoms with Crippen LogP contribution in [-0.4, -0.2) is 25.2 Å². The van der Waals surface area contributed by atoms with Gasteiger partial charge in [0.1, 0.15) is 0 Å². The average molecular weight is 214 g/mol. The zero-order valence-corrected chi connectivity index (χ0v) is 9.32. The van der Waals surface area contributed by atoms with Gasteiger partial charge in [0.05, 0.1) is 13.2 Å². The van der Waals surface area contributed by atoms with Gasteiger partial charge in [0.15, 0.2) is 0 Å². The second kappa shape index (κ2) is 5.73. The molecule has 0 radical (unpaired) electrons. The van der Waals surface area contributed by atoms with Crippen LogP contribution in [0.3, 0.4) is 0 Å². The van der Waals surface area contributed by atoms with E-state index in [2.05, 4.69) is 0 Å². The summed E-state index contributed by atoms with van der Waals surface area (Å²) in [7, 11) is 0. The van der Waals surface area contributed by atoms with Crippen molar-refractivity contribution in [3.05, 3.63) is 0 Å². The molecule has 0 aromatic carbocycles. The third-order valence-electron chi connectivity index (χ3n) is 2.82. The Kier molecular flexibility index (Phi) is 4.59. The molecule has 0 N–H and O–H groups in total. The highest BCUT2D eigenvalue weighted by molar-refractivity contribution is 5.66. The van der Waals surface area contributed by atoms with E-state index in [-0.39, 0.29) is 11.9 Å². The lowest BCUT2D eigenvalue weighted by molar-refractivity contribution is -0.146. The van der Waals surface area contributed by atoms with Gasteiger partial charge in [0, 0.05) is 13.8 Å². The monoisotopic (exact) mass is 214 g/mol. The van der Waals surface area contributed by atoms with Crippen molar-refractivity contribution >= 4 is 11.9 Å². The van der Waals surface area contributed by atoms with Crippen molar-refractivity contribution in [3.8, 4) is 0 Å². The van der Waals surface area contributed by atoms with Gasteiger partial charge in [-0.2, -0.15) is 0 Å². The Morgan fingerprint density at radius 3 is 1.73 bits per heavy atom. The Bertz CT molecular complexity index is 213. The molecule has 0 aromatic heterocycles. The van der Waals surface area contributed by atoms with Crippen LogP contribution in [0.2, 0.25) is 0 Å². The van der Waals surface area contributed by atoms with Crippen LogP contribution in [0.25, 0.3) is 0 Å².